The molecule has 0 radical (unpaired) electrons. The summed E-state index contributed by atoms with van der Waals surface area (Å²) in [6.07, 6.45) is 0. The Labute approximate surface area is 125 Å². The van der Waals surface area contributed by atoms with Crippen LogP contribution in [0.1, 0.15) is 17.4 Å². The van der Waals surface area contributed by atoms with Crippen LogP contribution in [0.3, 0.4) is 0 Å². The van der Waals surface area contributed by atoms with Gasteiger partial charge in [0.2, 0.25) is 0 Å². The molecule has 0 unspecified atom stereocenters. The number of hydrogen-bond acceptors (Lipinski definition) is 4. The van der Waals surface area contributed by atoms with Gasteiger partial charge >= 0.3 is 5.97 Å². The molecule has 19 heavy (non-hydrogen) atoms. The molecule has 0 aliphatic carbocycles. The van der Waals surface area contributed by atoms with Crippen LogP contribution in [-0.4, -0.2) is 17.6 Å². The molecule has 1 aliphatic heterocycles. The van der Waals surface area contributed by atoms with E-state index in [4.69, 9.17) is 28.6 Å². The molecule has 0 atom stereocenters. The second-order valence-corrected chi connectivity index (χ2v) is 5.89. The molecule has 1 aliphatic rings. The largest absolute Gasteiger partial charge is 0.456 e. The first-order valence-electron chi connectivity index (χ1n) is 5.63. The van der Waals surface area contributed by atoms with Crippen molar-refractivity contribution in [1.82, 2.24) is 10.6 Å². The maximum atomic E-state index is 12.0. The molecule has 102 valence electrons. The molecule has 1 aromatic rings. The van der Waals surface area contributed by atoms with Gasteiger partial charge in [-0.3, -0.25) is 0 Å². The van der Waals surface area contributed by atoms with E-state index in [0.717, 1.165) is 16.1 Å². The standard InChI is InChI=1S/C12H13ClN2O2S2/c1-6-5-19-9(10(6)13)4-17-11(16)8-3-14-12(18)15-7(8)2/h5H,3-4H2,1-2H3,(H2,14,15,18). The number of rotatable bonds is 3. The maximum Gasteiger partial charge on any atom is 0.337 e. The van der Waals surface area contributed by atoms with Crippen molar-refractivity contribution in [2.24, 2.45) is 0 Å². The smallest absolute Gasteiger partial charge is 0.337 e. The minimum Gasteiger partial charge on any atom is -0.456 e. The van der Waals surface area contributed by atoms with Crippen LogP contribution >= 0.6 is 35.2 Å². The quantitative estimate of drug-likeness (QED) is 0.663. The fraction of sp³-hybridized carbons (Fsp3) is 0.333. The Morgan fingerprint density at radius 3 is 2.89 bits per heavy atom. The van der Waals surface area contributed by atoms with Gasteiger partial charge in [0.25, 0.3) is 0 Å². The first-order valence-corrected chi connectivity index (χ1v) is 7.30. The van der Waals surface area contributed by atoms with Crippen LogP contribution in [0.15, 0.2) is 16.7 Å². The third-order valence-corrected chi connectivity index (χ3v) is 4.69. The molecule has 1 aromatic heterocycles. The number of nitrogens with one attached hydrogen (secondary N) is 2. The van der Waals surface area contributed by atoms with Crippen LogP contribution in [0.25, 0.3) is 0 Å². The summed E-state index contributed by atoms with van der Waals surface area (Å²) in [6.45, 7) is 4.30. The van der Waals surface area contributed by atoms with Crippen molar-refractivity contribution < 1.29 is 9.53 Å². The van der Waals surface area contributed by atoms with Gasteiger partial charge in [-0.2, -0.15) is 0 Å². The van der Waals surface area contributed by atoms with Crippen LogP contribution < -0.4 is 10.6 Å². The lowest BCUT2D eigenvalue weighted by Crippen LogP contribution is -2.42. The third kappa shape index (κ3) is 3.26. The summed E-state index contributed by atoms with van der Waals surface area (Å²) >= 11 is 12.5. The van der Waals surface area contributed by atoms with Crippen molar-refractivity contribution in [3.8, 4) is 0 Å². The Kier molecular flexibility index (Phi) is 4.44. The number of carbonyl (C=O) groups excluding carboxylic acids is 1. The van der Waals surface area contributed by atoms with Crippen molar-refractivity contribution in [3.05, 3.63) is 32.1 Å². The van der Waals surface area contributed by atoms with E-state index in [1.54, 1.807) is 6.92 Å². The molecule has 4 nitrogen and oxygen atoms in total. The molecule has 0 saturated carbocycles. The fourth-order valence-corrected chi connectivity index (χ4v) is 2.98. The van der Waals surface area contributed by atoms with E-state index >= 15 is 0 Å². The predicted molar refractivity (Wildman–Crippen MR) is 80.3 cm³/mol. The Hall–Kier alpha value is -1.11. The average molecular weight is 317 g/mol. The number of carbonyl (C=O) groups is 1. The summed E-state index contributed by atoms with van der Waals surface area (Å²) in [4.78, 5) is 12.8. The highest BCUT2D eigenvalue weighted by Crippen LogP contribution is 2.27. The highest BCUT2D eigenvalue weighted by atomic mass is 35.5. The Balaban J connectivity index is 2.00. The first-order chi connectivity index (χ1) is 8.99. The Bertz CT molecular complexity index is 566. The lowest BCUT2D eigenvalue weighted by molar-refractivity contribution is -0.140. The first kappa shape index (κ1) is 14.3. The van der Waals surface area contributed by atoms with E-state index in [-0.39, 0.29) is 12.6 Å². The zero-order chi connectivity index (χ0) is 14.0. The monoisotopic (exact) mass is 316 g/mol. The molecule has 0 fully saturated rings. The highest BCUT2D eigenvalue weighted by molar-refractivity contribution is 7.80. The fourth-order valence-electron chi connectivity index (χ4n) is 1.61. The lowest BCUT2D eigenvalue weighted by Gasteiger charge is -2.20. The average Bonchev–Trinajstić information content (AvgIpc) is 2.67. The minimum absolute atomic E-state index is 0.192. The minimum atomic E-state index is -0.359. The predicted octanol–water partition coefficient (Wildman–Crippen LogP) is 2.50. The summed E-state index contributed by atoms with van der Waals surface area (Å²) in [7, 11) is 0. The SMILES string of the molecule is CC1=C(C(=O)OCc2scc(C)c2Cl)CNC(=S)N1. The van der Waals surface area contributed by atoms with Gasteiger partial charge < -0.3 is 15.4 Å². The van der Waals surface area contributed by atoms with Crippen molar-refractivity contribution in [3.63, 3.8) is 0 Å². The number of allylic oxidation sites excluding steroid dienone is 1. The van der Waals surface area contributed by atoms with Gasteiger partial charge in [0.05, 0.1) is 22.0 Å². The van der Waals surface area contributed by atoms with Crippen molar-refractivity contribution >= 4 is 46.2 Å². The summed E-state index contributed by atoms with van der Waals surface area (Å²) in [5, 5.41) is 8.93. The highest BCUT2D eigenvalue weighted by Gasteiger charge is 2.20. The summed E-state index contributed by atoms with van der Waals surface area (Å²) in [5.74, 6) is -0.359. The van der Waals surface area contributed by atoms with E-state index < -0.39 is 0 Å². The molecule has 0 amide bonds. The molecule has 2 N–H and O–H groups in total. The number of aryl methyl sites for hydroxylation is 1. The van der Waals surface area contributed by atoms with E-state index in [1.165, 1.54) is 11.3 Å². The zero-order valence-electron chi connectivity index (χ0n) is 10.5. The lowest BCUT2D eigenvalue weighted by atomic mass is 10.2. The van der Waals surface area contributed by atoms with Gasteiger partial charge in [0, 0.05) is 5.70 Å². The molecule has 0 spiro atoms. The molecule has 0 bridgehead atoms. The molecular weight excluding hydrogens is 304 g/mol. The normalized spacial score (nSPS) is 15.0. The van der Waals surface area contributed by atoms with Crippen molar-refractivity contribution in [2.75, 3.05) is 6.54 Å². The summed E-state index contributed by atoms with van der Waals surface area (Å²) < 4.78 is 5.27. The second-order valence-electron chi connectivity index (χ2n) is 4.14. The van der Waals surface area contributed by atoms with Crippen LogP contribution in [0.4, 0.5) is 0 Å². The molecule has 2 heterocycles. The Morgan fingerprint density at radius 2 is 2.32 bits per heavy atom. The number of thiophene rings is 1. The van der Waals surface area contributed by atoms with Crippen LogP contribution in [-0.2, 0) is 16.1 Å². The second kappa shape index (κ2) is 5.90. The number of ether oxygens (including phenoxy) is 1. The number of esters is 1. The van der Waals surface area contributed by atoms with Gasteiger partial charge in [-0.25, -0.2) is 4.79 Å². The van der Waals surface area contributed by atoms with E-state index in [1.807, 2.05) is 12.3 Å². The van der Waals surface area contributed by atoms with Gasteiger partial charge in [-0.15, -0.1) is 11.3 Å². The van der Waals surface area contributed by atoms with E-state index in [0.29, 0.717) is 22.3 Å². The summed E-state index contributed by atoms with van der Waals surface area (Å²) in [6, 6.07) is 0. The summed E-state index contributed by atoms with van der Waals surface area (Å²) in [5.41, 5.74) is 2.28. The molecule has 0 aromatic carbocycles. The topological polar surface area (TPSA) is 50.4 Å². The van der Waals surface area contributed by atoms with Gasteiger partial charge in [-0.05, 0) is 37.0 Å². The molecule has 0 saturated heterocycles. The van der Waals surface area contributed by atoms with Crippen LogP contribution in [0.5, 0.6) is 0 Å². The number of halogens is 1. The van der Waals surface area contributed by atoms with E-state index in [2.05, 4.69) is 10.6 Å². The van der Waals surface area contributed by atoms with Crippen molar-refractivity contribution in [2.45, 2.75) is 20.5 Å². The van der Waals surface area contributed by atoms with Crippen LogP contribution in [0.2, 0.25) is 5.02 Å². The number of thiocarbonyl (C=S) groups is 1. The van der Waals surface area contributed by atoms with Gasteiger partial charge in [0.1, 0.15) is 6.61 Å². The molecule has 7 heteroatoms. The van der Waals surface area contributed by atoms with Crippen LogP contribution in [0, 0.1) is 6.92 Å². The van der Waals surface area contributed by atoms with Gasteiger partial charge in [-0.1, -0.05) is 11.6 Å². The maximum absolute atomic E-state index is 12.0. The molecular formula is C12H13ClN2O2S2. The number of hydrogen-bond donors (Lipinski definition) is 2. The Morgan fingerprint density at radius 1 is 1.58 bits per heavy atom. The van der Waals surface area contributed by atoms with E-state index in [9.17, 15) is 4.79 Å². The van der Waals surface area contributed by atoms with Gasteiger partial charge in [0.15, 0.2) is 5.11 Å². The third-order valence-electron chi connectivity index (χ3n) is 2.73. The van der Waals surface area contributed by atoms with Crippen molar-refractivity contribution in [1.29, 1.82) is 0 Å². The zero-order valence-corrected chi connectivity index (χ0v) is 12.9. The molecule has 2 rings (SSSR count).